The minimum Gasteiger partial charge on any atom is -0.431 e. The number of ether oxygens (including phenoxy) is 2. The fourth-order valence-corrected chi connectivity index (χ4v) is 4.94. The second kappa shape index (κ2) is 9.34. The maximum Gasteiger partial charge on any atom is 0.387 e. The molecular formula is C23H30F2N6O2. The van der Waals surface area contributed by atoms with Gasteiger partial charge in [-0.1, -0.05) is 6.92 Å². The van der Waals surface area contributed by atoms with E-state index in [1.807, 2.05) is 0 Å². The SMILES string of the molecule is CC1CCN(C2COC2)C1.Nc1ncc(-c2ccnc(N3CC4CC3C4)n2)cc1OC(F)F. The van der Waals surface area contributed by atoms with Crippen LogP contribution in [0.25, 0.3) is 11.3 Å². The largest absolute Gasteiger partial charge is 0.431 e. The lowest BCUT2D eigenvalue weighted by Crippen LogP contribution is -2.47. The molecule has 0 radical (unpaired) electrons. The first-order chi connectivity index (χ1) is 16.0. The number of likely N-dealkylation sites (tertiary alicyclic amines) is 1. The highest BCUT2D eigenvalue weighted by Crippen LogP contribution is 2.42. The summed E-state index contributed by atoms with van der Waals surface area (Å²) < 4.78 is 34.4. The second-order valence-corrected chi connectivity index (χ2v) is 9.45. The lowest BCUT2D eigenvalue weighted by atomic mass is 9.86. The first-order valence-corrected chi connectivity index (χ1v) is 11.6. The molecule has 5 aliphatic rings. The van der Waals surface area contributed by atoms with E-state index in [1.165, 1.54) is 44.6 Å². The van der Waals surface area contributed by atoms with E-state index in [0.717, 1.165) is 37.6 Å². The van der Waals surface area contributed by atoms with E-state index in [1.54, 1.807) is 12.3 Å². The van der Waals surface area contributed by atoms with Crippen LogP contribution >= 0.6 is 0 Å². The van der Waals surface area contributed by atoms with Gasteiger partial charge in [0.25, 0.3) is 0 Å². The maximum absolute atomic E-state index is 12.4. The molecule has 33 heavy (non-hydrogen) atoms. The molecule has 1 unspecified atom stereocenters. The predicted octanol–water partition coefficient (Wildman–Crippen LogP) is 3.05. The van der Waals surface area contributed by atoms with Crippen LogP contribution in [0.4, 0.5) is 20.5 Å². The normalized spacial score (nSPS) is 26.5. The Hall–Kier alpha value is -2.59. The zero-order valence-electron chi connectivity index (χ0n) is 18.7. The van der Waals surface area contributed by atoms with Crippen LogP contribution in [0.15, 0.2) is 24.5 Å². The molecule has 8 nitrogen and oxygen atoms in total. The first kappa shape index (κ1) is 22.2. The Bertz CT molecular complexity index is 970. The summed E-state index contributed by atoms with van der Waals surface area (Å²) in [6.45, 7) is 4.92. The number of nitrogen functional groups attached to an aromatic ring is 1. The van der Waals surface area contributed by atoms with Gasteiger partial charge in [0, 0.05) is 37.1 Å². The number of fused-ring (bicyclic) bond motifs is 1. The maximum atomic E-state index is 12.4. The molecule has 10 heteroatoms. The number of hydrogen-bond donors (Lipinski definition) is 1. The Morgan fingerprint density at radius 2 is 2.00 bits per heavy atom. The third-order valence-corrected chi connectivity index (χ3v) is 6.99. The van der Waals surface area contributed by atoms with E-state index in [4.69, 9.17) is 10.5 Å². The van der Waals surface area contributed by atoms with Crippen molar-refractivity contribution >= 4 is 11.8 Å². The third kappa shape index (κ3) is 4.86. The van der Waals surface area contributed by atoms with Crippen LogP contribution in [0.5, 0.6) is 5.75 Å². The van der Waals surface area contributed by atoms with Crippen molar-refractivity contribution < 1.29 is 18.3 Å². The van der Waals surface area contributed by atoms with Gasteiger partial charge in [0.05, 0.1) is 24.9 Å². The Morgan fingerprint density at radius 1 is 1.18 bits per heavy atom. The predicted molar refractivity (Wildman–Crippen MR) is 120 cm³/mol. The summed E-state index contributed by atoms with van der Waals surface area (Å²) in [5.41, 5.74) is 6.72. The number of anilines is 2. The monoisotopic (exact) mass is 460 g/mol. The number of nitrogens with zero attached hydrogens (tertiary/aromatic N) is 5. The minimum absolute atomic E-state index is 0.0799. The van der Waals surface area contributed by atoms with Crippen LogP contribution in [-0.2, 0) is 4.74 Å². The zero-order valence-corrected chi connectivity index (χ0v) is 18.7. The molecule has 2 bridgehead atoms. The van der Waals surface area contributed by atoms with Gasteiger partial charge in [-0.2, -0.15) is 8.78 Å². The average molecular weight is 461 g/mol. The second-order valence-electron chi connectivity index (χ2n) is 9.45. The van der Waals surface area contributed by atoms with Crippen LogP contribution in [-0.4, -0.2) is 71.4 Å². The quantitative estimate of drug-likeness (QED) is 0.728. The zero-order chi connectivity index (χ0) is 22.9. The molecule has 2 aromatic rings. The van der Waals surface area contributed by atoms with Crippen molar-refractivity contribution in [3.8, 4) is 17.0 Å². The molecule has 4 saturated heterocycles. The molecule has 0 amide bonds. The van der Waals surface area contributed by atoms with Crippen molar-refractivity contribution in [3.63, 3.8) is 0 Å². The Balaban J connectivity index is 0.000000190. The topological polar surface area (TPSA) is 89.6 Å². The number of aromatic nitrogens is 3. The summed E-state index contributed by atoms with van der Waals surface area (Å²) in [6, 6.07) is 4.43. The van der Waals surface area contributed by atoms with Gasteiger partial charge in [0.1, 0.15) is 0 Å². The van der Waals surface area contributed by atoms with Crippen molar-refractivity contribution in [1.82, 2.24) is 19.9 Å². The molecule has 4 aliphatic heterocycles. The van der Waals surface area contributed by atoms with Gasteiger partial charge in [-0.25, -0.2) is 15.0 Å². The van der Waals surface area contributed by atoms with Crippen LogP contribution in [0.1, 0.15) is 26.2 Å². The Labute approximate surface area is 192 Å². The van der Waals surface area contributed by atoms with Crippen LogP contribution in [0, 0.1) is 11.8 Å². The summed E-state index contributed by atoms with van der Waals surface area (Å²) in [4.78, 5) is 17.5. The molecule has 0 aromatic carbocycles. The highest BCUT2D eigenvalue weighted by atomic mass is 19.3. The van der Waals surface area contributed by atoms with E-state index < -0.39 is 6.61 Å². The van der Waals surface area contributed by atoms with Crippen LogP contribution in [0.3, 0.4) is 0 Å². The van der Waals surface area contributed by atoms with Gasteiger partial charge < -0.3 is 20.1 Å². The van der Waals surface area contributed by atoms with Gasteiger partial charge in [0.15, 0.2) is 11.6 Å². The summed E-state index contributed by atoms with van der Waals surface area (Å²) in [7, 11) is 0. The van der Waals surface area contributed by atoms with Gasteiger partial charge in [0.2, 0.25) is 5.95 Å². The lowest BCUT2D eigenvalue weighted by Gasteiger charge is -2.34. The van der Waals surface area contributed by atoms with Crippen LogP contribution in [0.2, 0.25) is 0 Å². The molecule has 6 heterocycles. The molecule has 1 saturated carbocycles. The standard InChI is InChI=1S/C15H15F2N5O.C8H15NO/c16-14(17)23-12-5-9(6-20-13(12)18)11-1-2-19-15(21-11)22-7-8-3-10(22)4-8;1-7-2-3-9(4-7)8-5-10-6-8/h1-2,5-6,8,10,14H,3-4,7H2,(H2,18,20);7-8H,2-6H2,1H3. The van der Waals surface area contributed by atoms with Gasteiger partial charge in [-0.05, 0) is 49.8 Å². The molecule has 1 aliphatic carbocycles. The smallest absolute Gasteiger partial charge is 0.387 e. The molecule has 178 valence electrons. The van der Waals surface area contributed by atoms with E-state index in [9.17, 15) is 8.78 Å². The summed E-state index contributed by atoms with van der Waals surface area (Å²) in [5.74, 6) is 2.10. The molecule has 7 rings (SSSR count). The minimum atomic E-state index is -2.95. The highest BCUT2D eigenvalue weighted by molar-refractivity contribution is 5.64. The number of hydrogen-bond acceptors (Lipinski definition) is 8. The van der Waals surface area contributed by atoms with E-state index in [2.05, 4.69) is 36.4 Å². The number of alkyl halides is 2. The fraction of sp³-hybridized carbons (Fsp3) is 0.609. The molecular weight excluding hydrogens is 430 g/mol. The van der Waals surface area contributed by atoms with Gasteiger partial charge in [-0.3, -0.25) is 4.90 Å². The Kier molecular flexibility index (Phi) is 6.29. The highest BCUT2D eigenvalue weighted by Gasteiger charge is 2.43. The molecule has 1 atom stereocenters. The molecule has 2 N–H and O–H groups in total. The van der Waals surface area contributed by atoms with Crippen molar-refractivity contribution in [2.75, 3.05) is 43.5 Å². The number of nitrogens with two attached hydrogens (primary N) is 1. The van der Waals surface area contributed by atoms with Crippen molar-refractivity contribution in [2.45, 2.75) is 44.9 Å². The van der Waals surface area contributed by atoms with E-state index >= 15 is 0 Å². The van der Waals surface area contributed by atoms with Crippen molar-refractivity contribution in [2.24, 2.45) is 11.8 Å². The first-order valence-electron chi connectivity index (χ1n) is 11.6. The summed E-state index contributed by atoms with van der Waals surface area (Å²) >= 11 is 0. The lowest BCUT2D eigenvalue weighted by molar-refractivity contribution is -0.0578. The van der Waals surface area contributed by atoms with Crippen LogP contribution < -0.4 is 15.4 Å². The molecule has 0 spiro atoms. The number of pyridine rings is 1. The van der Waals surface area contributed by atoms with Crippen molar-refractivity contribution in [1.29, 1.82) is 0 Å². The molecule has 5 fully saturated rings. The van der Waals surface area contributed by atoms with Crippen molar-refractivity contribution in [3.05, 3.63) is 24.5 Å². The summed E-state index contributed by atoms with van der Waals surface area (Å²) in [6.07, 6.45) is 6.93. The third-order valence-electron chi connectivity index (χ3n) is 6.99. The van der Waals surface area contributed by atoms with Gasteiger partial charge >= 0.3 is 6.61 Å². The molecule has 2 aromatic heterocycles. The number of halogens is 2. The summed E-state index contributed by atoms with van der Waals surface area (Å²) in [5, 5.41) is 0. The van der Waals surface area contributed by atoms with E-state index in [-0.39, 0.29) is 11.6 Å². The fourth-order valence-electron chi connectivity index (χ4n) is 4.94. The van der Waals surface area contributed by atoms with E-state index in [0.29, 0.717) is 23.2 Å². The Morgan fingerprint density at radius 3 is 2.61 bits per heavy atom. The van der Waals surface area contributed by atoms with Gasteiger partial charge in [-0.15, -0.1) is 0 Å². The number of rotatable bonds is 5. The average Bonchev–Trinajstić information content (AvgIpc) is 3.45.